The highest BCUT2D eigenvalue weighted by Crippen LogP contribution is 2.38. The molecule has 0 aliphatic heterocycles. The molecule has 0 aliphatic carbocycles. The molecule has 0 radical (unpaired) electrons. The van der Waals surface area contributed by atoms with Crippen molar-refractivity contribution in [2.45, 2.75) is 0 Å². The molecule has 0 saturated carbocycles. The van der Waals surface area contributed by atoms with Crippen molar-refractivity contribution >= 4 is 50.0 Å². The number of rotatable bonds is 11. The highest BCUT2D eigenvalue weighted by atomic mass is 15.1. The minimum absolute atomic E-state index is 1.09. The molecular weight excluding hydrogens is 701 g/mol. The van der Waals surface area contributed by atoms with Gasteiger partial charge >= 0.3 is 0 Å². The van der Waals surface area contributed by atoms with Crippen molar-refractivity contribution in [2.24, 2.45) is 0 Å². The summed E-state index contributed by atoms with van der Waals surface area (Å²) in [6.07, 6.45) is 9.85. The second kappa shape index (κ2) is 16.6. The van der Waals surface area contributed by atoms with Crippen LogP contribution in [0.2, 0.25) is 0 Å². The van der Waals surface area contributed by atoms with Crippen molar-refractivity contribution < 1.29 is 0 Å². The number of anilines is 5. The van der Waals surface area contributed by atoms with Crippen LogP contribution in [0, 0.1) is 0 Å². The zero-order valence-electron chi connectivity index (χ0n) is 32.2. The van der Waals surface area contributed by atoms with Crippen LogP contribution in [0.3, 0.4) is 0 Å². The van der Waals surface area contributed by atoms with E-state index >= 15 is 0 Å². The van der Waals surface area contributed by atoms with Gasteiger partial charge in [0.25, 0.3) is 0 Å². The lowest BCUT2D eigenvalue weighted by Crippen LogP contribution is -2.09. The molecule has 2 heteroatoms. The molecule has 0 aromatic heterocycles. The normalized spacial score (nSPS) is 11.4. The van der Waals surface area contributed by atoms with Gasteiger partial charge in [-0.3, -0.25) is 0 Å². The van der Waals surface area contributed by atoms with E-state index in [0.29, 0.717) is 0 Å². The minimum Gasteiger partial charge on any atom is -0.317 e. The predicted octanol–water partition coefficient (Wildman–Crippen LogP) is 15.9. The van der Waals surface area contributed by atoms with Crippen LogP contribution in [-0.4, -0.2) is 0 Å². The molecule has 58 heavy (non-hydrogen) atoms. The van der Waals surface area contributed by atoms with E-state index in [1.165, 1.54) is 54.9 Å². The molecule has 2 nitrogen and oxygen atoms in total. The summed E-state index contributed by atoms with van der Waals surface area (Å²) in [7, 11) is 0. The van der Waals surface area contributed by atoms with Crippen LogP contribution in [0.15, 0.2) is 249 Å². The molecule has 276 valence electrons. The maximum atomic E-state index is 3.80. The number of hydrogen-bond donors (Lipinski definition) is 0. The summed E-state index contributed by atoms with van der Waals surface area (Å²) in [5.74, 6) is 0. The molecule has 0 bridgehead atoms. The van der Waals surface area contributed by atoms with Crippen LogP contribution in [0.25, 0.3) is 54.9 Å². The Morgan fingerprint density at radius 3 is 1.17 bits per heavy atom. The SMILES string of the molecule is C=C/C=C\C=C\N(c1ccc(-c2ccc(-c3ccc(-c4ccc(N(c5ccccc5)c5ccc6ccccc6c5)cc4)cc3)cc2)cc1)c1ccc2ccccc2c1. The lowest BCUT2D eigenvalue weighted by molar-refractivity contribution is 1.29. The van der Waals surface area contributed by atoms with Gasteiger partial charge in [0, 0.05) is 34.6 Å². The van der Waals surface area contributed by atoms with Gasteiger partial charge in [0.05, 0.1) is 0 Å². The zero-order valence-corrected chi connectivity index (χ0v) is 32.2. The summed E-state index contributed by atoms with van der Waals surface area (Å²) in [6, 6.07) is 76.2. The van der Waals surface area contributed by atoms with E-state index in [9.17, 15) is 0 Å². The van der Waals surface area contributed by atoms with Crippen LogP contribution >= 0.6 is 0 Å². The van der Waals surface area contributed by atoms with Crippen LogP contribution in [-0.2, 0) is 0 Å². The first kappa shape index (κ1) is 36.0. The number of fused-ring (bicyclic) bond motifs is 2. The maximum absolute atomic E-state index is 3.80. The van der Waals surface area contributed by atoms with Gasteiger partial charge in [0.15, 0.2) is 0 Å². The van der Waals surface area contributed by atoms with Gasteiger partial charge in [0.2, 0.25) is 0 Å². The summed E-state index contributed by atoms with van der Waals surface area (Å²) in [5.41, 5.74) is 12.7. The molecule has 0 amide bonds. The Balaban J connectivity index is 0.916. The molecule has 0 heterocycles. The molecule has 0 saturated heterocycles. The molecule has 0 fully saturated rings. The molecular formula is C56H42N2. The maximum Gasteiger partial charge on any atom is 0.0468 e. The largest absolute Gasteiger partial charge is 0.317 e. The van der Waals surface area contributed by atoms with Crippen LogP contribution in [0.4, 0.5) is 28.4 Å². The highest BCUT2D eigenvalue weighted by molar-refractivity contribution is 5.90. The molecule has 0 spiro atoms. The lowest BCUT2D eigenvalue weighted by atomic mass is 9.98. The monoisotopic (exact) mass is 742 g/mol. The number of benzene rings is 9. The standard InChI is InChI=1S/C56H42N2/c1-2-3-4-12-39-57(55-37-31-42-13-8-10-15-50(42)40-55)52-33-27-48(28-34-52)46-23-19-44(20-24-46)45-21-25-47(26-22-45)49-29-35-54(36-30-49)58(53-17-6-5-7-18-53)56-38-32-43-14-9-11-16-51(43)41-56/h2-41H,1H2/b4-3-,39-12+. The van der Waals surface area contributed by atoms with E-state index in [0.717, 1.165) is 28.4 Å². The molecule has 9 aromatic rings. The number of nitrogens with zero attached hydrogens (tertiary/aromatic N) is 2. The third kappa shape index (κ3) is 7.73. The minimum atomic E-state index is 1.09. The van der Waals surface area contributed by atoms with Gasteiger partial charge in [-0.1, -0.05) is 176 Å². The Morgan fingerprint density at radius 1 is 0.293 bits per heavy atom. The quantitative estimate of drug-likeness (QED) is 0.122. The predicted molar refractivity (Wildman–Crippen MR) is 250 cm³/mol. The van der Waals surface area contributed by atoms with E-state index in [-0.39, 0.29) is 0 Å². The van der Waals surface area contributed by atoms with Gasteiger partial charge in [-0.25, -0.2) is 0 Å². The van der Waals surface area contributed by atoms with Gasteiger partial charge < -0.3 is 9.80 Å². The zero-order chi connectivity index (χ0) is 39.1. The van der Waals surface area contributed by atoms with E-state index in [4.69, 9.17) is 0 Å². The van der Waals surface area contributed by atoms with E-state index in [1.807, 2.05) is 18.2 Å². The molecule has 0 aliphatic rings. The Bertz CT molecular complexity index is 2870. The Hall–Kier alpha value is -7.68. The summed E-state index contributed by atoms with van der Waals surface area (Å²) in [4.78, 5) is 4.54. The molecule has 0 atom stereocenters. The second-order valence-electron chi connectivity index (χ2n) is 14.3. The fraction of sp³-hybridized carbons (Fsp3) is 0. The molecule has 0 N–H and O–H groups in total. The number of allylic oxidation sites excluding steroid dienone is 4. The Kier molecular flexibility index (Phi) is 10.3. The third-order valence-electron chi connectivity index (χ3n) is 10.7. The molecule has 9 aromatic carbocycles. The highest BCUT2D eigenvalue weighted by Gasteiger charge is 2.14. The fourth-order valence-corrected chi connectivity index (χ4v) is 7.59. The van der Waals surface area contributed by atoms with E-state index in [1.54, 1.807) is 6.08 Å². The van der Waals surface area contributed by atoms with E-state index < -0.39 is 0 Å². The van der Waals surface area contributed by atoms with E-state index in [2.05, 4.69) is 235 Å². The van der Waals surface area contributed by atoms with Gasteiger partial charge in [-0.05, 0) is 122 Å². The smallest absolute Gasteiger partial charge is 0.0468 e. The Labute approximate surface area is 341 Å². The summed E-state index contributed by atoms with van der Waals surface area (Å²) in [5, 5.41) is 4.90. The Morgan fingerprint density at radius 2 is 0.672 bits per heavy atom. The van der Waals surface area contributed by atoms with Gasteiger partial charge in [0.1, 0.15) is 0 Å². The van der Waals surface area contributed by atoms with Gasteiger partial charge in [-0.15, -0.1) is 0 Å². The number of para-hydroxylation sites is 1. The van der Waals surface area contributed by atoms with Crippen molar-refractivity contribution in [3.63, 3.8) is 0 Å². The summed E-state index contributed by atoms with van der Waals surface area (Å²) in [6.45, 7) is 3.80. The molecule has 0 unspecified atom stereocenters. The first-order valence-corrected chi connectivity index (χ1v) is 19.7. The second-order valence-corrected chi connectivity index (χ2v) is 14.3. The van der Waals surface area contributed by atoms with Gasteiger partial charge in [-0.2, -0.15) is 0 Å². The first-order valence-electron chi connectivity index (χ1n) is 19.7. The van der Waals surface area contributed by atoms with Crippen LogP contribution < -0.4 is 9.80 Å². The third-order valence-corrected chi connectivity index (χ3v) is 10.7. The number of hydrogen-bond acceptors (Lipinski definition) is 2. The van der Waals surface area contributed by atoms with Crippen LogP contribution in [0.1, 0.15) is 0 Å². The average molecular weight is 743 g/mol. The average Bonchev–Trinajstić information content (AvgIpc) is 3.30. The van der Waals surface area contributed by atoms with Crippen molar-refractivity contribution in [1.29, 1.82) is 0 Å². The lowest BCUT2D eigenvalue weighted by Gasteiger charge is -2.26. The first-order chi connectivity index (χ1) is 28.7. The van der Waals surface area contributed by atoms with Crippen molar-refractivity contribution in [2.75, 3.05) is 9.80 Å². The van der Waals surface area contributed by atoms with Crippen molar-refractivity contribution in [1.82, 2.24) is 0 Å². The molecule has 9 rings (SSSR count). The van der Waals surface area contributed by atoms with Crippen molar-refractivity contribution in [3.8, 4) is 33.4 Å². The van der Waals surface area contributed by atoms with Crippen LogP contribution in [0.5, 0.6) is 0 Å². The van der Waals surface area contributed by atoms with Crippen molar-refractivity contribution in [3.05, 3.63) is 249 Å². The summed E-state index contributed by atoms with van der Waals surface area (Å²) >= 11 is 0. The summed E-state index contributed by atoms with van der Waals surface area (Å²) < 4.78 is 0. The fourth-order valence-electron chi connectivity index (χ4n) is 7.59. The topological polar surface area (TPSA) is 6.48 Å².